The fraction of sp³-hybridized carbons (Fsp3) is 0.667. The molecule has 7 fully saturated rings. The third-order valence-corrected chi connectivity index (χ3v) is 26.7. The van der Waals surface area contributed by atoms with Crippen molar-refractivity contribution < 1.29 is 79.2 Å². The first-order chi connectivity index (χ1) is 42.1. The van der Waals surface area contributed by atoms with Crippen molar-refractivity contribution in [1.29, 1.82) is 0 Å². The van der Waals surface area contributed by atoms with E-state index in [-0.39, 0.29) is 95.6 Å². The Morgan fingerprint density at radius 3 is 1.03 bits per heavy atom. The summed E-state index contributed by atoms with van der Waals surface area (Å²) in [5.74, 6) is -12.0. The quantitative estimate of drug-likeness (QED) is 0.0850. The molecule has 15 nitrogen and oxygen atoms in total. The molecule has 3 aromatic rings. The summed E-state index contributed by atoms with van der Waals surface area (Å²) in [4.78, 5) is 43.1. The van der Waals surface area contributed by atoms with E-state index in [4.69, 9.17) is 17.2 Å². The van der Waals surface area contributed by atoms with Crippen LogP contribution in [0.4, 0.5) is 39.5 Å². The van der Waals surface area contributed by atoms with Gasteiger partial charge in [-0.3, -0.25) is 14.4 Å². The maximum atomic E-state index is 14.0. The zero-order valence-electron chi connectivity index (χ0n) is 51.2. The molecular formula is C63H85F9N6O9S3. The van der Waals surface area contributed by atoms with Crippen LogP contribution in [0.15, 0.2) is 36.4 Å². The van der Waals surface area contributed by atoms with Crippen LogP contribution in [-0.4, -0.2) is 146 Å². The lowest BCUT2D eigenvalue weighted by molar-refractivity contribution is -0.134. The fourth-order valence-corrected chi connectivity index (χ4v) is 19.1. The highest BCUT2D eigenvalue weighted by Crippen LogP contribution is 2.43. The number of nitrogens with zero attached hydrogens (tertiary/aromatic N) is 3. The van der Waals surface area contributed by atoms with E-state index < -0.39 is 132 Å². The zero-order valence-corrected chi connectivity index (χ0v) is 53.6. The van der Waals surface area contributed by atoms with E-state index >= 15 is 0 Å². The molecule has 2 saturated carbocycles. The smallest absolute Gasteiger partial charge is 0.238 e. The van der Waals surface area contributed by atoms with Gasteiger partial charge in [0, 0.05) is 73.6 Å². The first-order valence-corrected chi connectivity index (χ1v) is 36.4. The molecule has 10 rings (SSSR count). The molecule has 6 N–H and O–H groups in total. The lowest BCUT2D eigenvalue weighted by Gasteiger charge is -2.41. The van der Waals surface area contributed by atoms with Gasteiger partial charge in [-0.15, -0.1) is 0 Å². The van der Waals surface area contributed by atoms with Crippen LogP contribution in [0.25, 0.3) is 0 Å². The molecule has 2 aliphatic carbocycles. The van der Waals surface area contributed by atoms with Crippen molar-refractivity contribution in [2.45, 2.75) is 213 Å². The van der Waals surface area contributed by atoms with Gasteiger partial charge in [0.15, 0.2) is 64.4 Å². The minimum Gasteiger partial charge on any atom is -0.342 e. The average Bonchev–Trinajstić information content (AvgIpc) is 1.63. The first-order valence-electron chi connectivity index (χ1n) is 31.3. The maximum absolute atomic E-state index is 14.0. The van der Waals surface area contributed by atoms with Gasteiger partial charge in [-0.25, -0.2) is 64.8 Å². The van der Waals surface area contributed by atoms with Gasteiger partial charge >= 0.3 is 0 Å². The van der Waals surface area contributed by atoms with Crippen molar-refractivity contribution in [3.8, 4) is 0 Å². The summed E-state index contributed by atoms with van der Waals surface area (Å²) in [5.41, 5.74) is 18.9. The highest BCUT2D eigenvalue weighted by molar-refractivity contribution is 7.93. The van der Waals surface area contributed by atoms with E-state index in [1.165, 1.54) is 0 Å². The second-order valence-corrected chi connectivity index (χ2v) is 34.3. The van der Waals surface area contributed by atoms with Gasteiger partial charge in [-0.2, -0.15) is 0 Å². The fourth-order valence-electron chi connectivity index (χ4n) is 14.6. The van der Waals surface area contributed by atoms with Crippen LogP contribution >= 0.6 is 0 Å². The van der Waals surface area contributed by atoms with E-state index in [0.717, 1.165) is 69.6 Å². The Labute approximate surface area is 522 Å². The second-order valence-electron chi connectivity index (χ2n) is 27.0. The number of carbonyl (C=O) groups is 3. The van der Waals surface area contributed by atoms with Crippen molar-refractivity contribution in [2.24, 2.45) is 35.0 Å². The average molecular weight is 1340 g/mol. The number of carbonyl (C=O) groups excluding carboxylic acids is 3. The largest absolute Gasteiger partial charge is 0.342 e. The van der Waals surface area contributed by atoms with Crippen molar-refractivity contribution in [3.63, 3.8) is 0 Å². The van der Waals surface area contributed by atoms with Gasteiger partial charge < -0.3 is 31.9 Å². The summed E-state index contributed by atoms with van der Waals surface area (Å²) >= 11 is 0. The molecule has 502 valence electrons. The topological polar surface area (TPSA) is 241 Å². The van der Waals surface area contributed by atoms with E-state index in [9.17, 15) is 79.2 Å². The van der Waals surface area contributed by atoms with Gasteiger partial charge in [-0.1, -0.05) is 25.7 Å². The van der Waals surface area contributed by atoms with Gasteiger partial charge in [0.25, 0.3) is 0 Å². The third kappa shape index (κ3) is 17.1. The molecule has 5 heterocycles. The summed E-state index contributed by atoms with van der Waals surface area (Å²) in [7, 11) is -10.4. The van der Waals surface area contributed by atoms with E-state index in [0.29, 0.717) is 95.5 Å². The summed E-state index contributed by atoms with van der Waals surface area (Å²) in [5, 5.41) is -0.797. The predicted octanol–water partition coefficient (Wildman–Crippen LogP) is 8.63. The second kappa shape index (κ2) is 29.2. The molecule has 3 aromatic carbocycles. The van der Waals surface area contributed by atoms with Gasteiger partial charge in [0.05, 0.1) is 15.2 Å². The standard InChI is InChI=1S/C22H29F3N2O3S.C21H29F3N2O3S.C20H27F3N2O3S/c23-18-11-20(25)19(24)9-13(18)10-21(26)14-7-15-5-6-16(8-14)27(15)22(28)12-31(29,30)17-3-1-2-4-17;1-21(2,3)30(28,29)11-20(27)26-14-4-5-15(26)7-13(6-14)19(25)9-12-8-17(23)18(24)10-16(12)22;21-16-11-18(23)17(22)9-14(16)10-19(24)13-5-7-25(8-6-13)20(26)12-29(27,28)15-3-1-2-4-15/h9,11,14-17,21H,1-8,10,12,26H2;8,10,13-15,19H,4-7,9,11,25H2,1-3H3;9,11,13,15,19H,1-8,10,12,24H2/t14?,15-,16+,21-;13?,14-,15+,19-;19-/m111/s1. The molecule has 5 aliphatic heterocycles. The number of likely N-dealkylation sites (tertiary alicyclic amines) is 1. The van der Waals surface area contributed by atoms with Gasteiger partial charge in [0.2, 0.25) is 17.7 Å². The molecule has 9 atom stereocenters. The molecular weight excluding hydrogens is 1250 g/mol. The van der Waals surface area contributed by atoms with Crippen LogP contribution in [0.5, 0.6) is 0 Å². The Morgan fingerprint density at radius 1 is 0.422 bits per heavy atom. The normalized spacial score (nSPS) is 24.5. The number of piperidine rings is 3. The minimum absolute atomic E-state index is 0.000466. The Bertz CT molecular complexity index is 3410. The zero-order chi connectivity index (χ0) is 65.9. The van der Waals surface area contributed by atoms with Crippen LogP contribution in [0, 0.1) is 70.1 Å². The van der Waals surface area contributed by atoms with Crippen LogP contribution in [0.3, 0.4) is 0 Å². The molecule has 4 bridgehead atoms. The number of hydrogen-bond donors (Lipinski definition) is 3. The molecule has 2 unspecified atom stereocenters. The Kier molecular flexibility index (Phi) is 23.1. The van der Waals surface area contributed by atoms with Crippen molar-refractivity contribution in [1.82, 2.24) is 14.7 Å². The monoisotopic (exact) mass is 1340 g/mol. The summed E-state index contributed by atoms with van der Waals surface area (Å²) in [6, 6.07) is 2.37. The predicted molar refractivity (Wildman–Crippen MR) is 322 cm³/mol. The Morgan fingerprint density at radius 2 is 0.711 bits per heavy atom. The number of sulfone groups is 3. The highest BCUT2D eigenvalue weighted by atomic mass is 32.2. The van der Waals surface area contributed by atoms with Crippen LogP contribution in [-0.2, 0) is 63.2 Å². The Balaban J connectivity index is 0.000000174. The lowest BCUT2D eigenvalue weighted by Crippen LogP contribution is -2.52. The number of hydrogen-bond acceptors (Lipinski definition) is 12. The number of nitrogens with two attached hydrogens (primary N) is 3. The molecule has 0 radical (unpaired) electrons. The molecule has 90 heavy (non-hydrogen) atoms. The number of fused-ring (bicyclic) bond motifs is 4. The first kappa shape index (κ1) is 71.0. The highest BCUT2D eigenvalue weighted by Gasteiger charge is 2.48. The van der Waals surface area contributed by atoms with Crippen molar-refractivity contribution in [3.05, 3.63) is 105 Å². The van der Waals surface area contributed by atoms with Crippen LogP contribution in [0.1, 0.15) is 153 Å². The molecule has 3 amide bonds. The van der Waals surface area contributed by atoms with E-state index in [1.54, 1.807) is 35.5 Å². The molecule has 7 aliphatic rings. The molecule has 0 spiro atoms. The molecule has 5 saturated heterocycles. The number of benzene rings is 3. The molecule has 0 aromatic heterocycles. The number of amides is 3. The van der Waals surface area contributed by atoms with Crippen LogP contribution < -0.4 is 17.2 Å². The maximum Gasteiger partial charge on any atom is 0.238 e. The summed E-state index contributed by atoms with van der Waals surface area (Å²) in [6.07, 6.45) is 13.0. The number of halogens is 9. The van der Waals surface area contributed by atoms with Crippen LogP contribution in [0.2, 0.25) is 0 Å². The minimum atomic E-state index is -3.57. The lowest BCUT2D eigenvalue weighted by atomic mass is 9.82. The van der Waals surface area contributed by atoms with Gasteiger partial charge in [-0.05, 0) is 183 Å². The SMILES string of the molecule is CC(C)(C)S(=O)(=O)CC(=O)N1[C@@H]2CC[C@H]1CC([C@H](N)Cc1cc(F)c(F)cc1F)C2.N[C@H](Cc1cc(F)c(F)cc1F)C1CCN(C(=O)CS(=O)(=O)C2CCCC2)CC1.N[C@H](Cc1cc(F)c(F)cc1F)C1C[C@H]2CC[C@@H](C1)N2C(=O)CS(=O)(=O)C1CCCC1. The van der Waals surface area contributed by atoms with Crippen molar-refractivity contribution in [2.75, 3.05) is 30.3 Å². The molecule has 27 heteroatoms. The van der Waals surface area contributed by atoms with E-state index in [2.05, 4.69) is 0 Å². The van der Waals surface area contributed by atoms with E-state index in [1.807, 2.05) is 0 Å². The summed E-state index contributed by atoms with van der Waals surface area (Å²) < 4.78 is 195. The summed E-state index contributed by atoms with van der Waals surface area (Å²) in [6.45, 7) is 5.50. The third-order valence-electron chi connectivity index (χ3n) is 20.0. The number of rotatable bonds is 17. The Hall–Kier alpha value is -4.83. The van der Waals surface area contributed by atoms with Gasteiger partial charge in [0.1, 0.15) is 34.7 Å². The van der Waals surface area contributed by atoms with Crippen molar-refractivity contribution >= 4 is 47.2 Å².